The van der Waals surface area contributed by atoms with Crippen molar-refractivity contribution in [2.45, 2.75) is 0 Å². The highest BCUT2D eigenvalue weighted by Gasteiger charge is 2.13. The summed E-state index contributed by atoms with van der Waals surface area (Å²) in [5.74, 6) is 0.686. The van der Waals surface area contributed by atoms with Gasteiger partial charge in [-0.15, -0.1) is 0 Å². The quantitative estimate of drug-likeness (QED) is 0.486. The highest BCUT2D eigenvalue weighted by Crippen LogP contribution is 2.34. The van der Waals surface area contributed by atoms with E-state index in [2.05, 4.69) is 9.97 Å². The highest BCUT2D eigenvalue weighted by atomic mass is 35.5. The Labute approximate surface area is 112 Å². The lowest BCUT2D eigenvalue weighted by atomic mass is 10.3. The molecule has 0 bridgehead atoms. The van der Waals surface area contributed by atoms with E-state index in [0.717, 1.165) is 0 Å². The number of ether oxygens (including phenoxy) is 2. The molecular weight excluding hydrogens is 274 g/mol. The van der Waals surface area contributed by atoms with Crippen molar-refractivity contribution in [2.24, 2.45) is 0 Å². The topological polar surface area (TPSA) is 87.4 Å². The number of halogens is 1. The minimum absolute atomic E-state index is 0.0156. The first-order valence-corrected chi connectivity index (χ1v) is 5.47. The maximum absolute atomic E-state index is 10.7. The summed E-state index contributed by atoms with van der Waals surface area (Å²) in [5.41, 5.74) is -0.115. The molecular formula is C11H8ClN3O4. The van der Waals surface area contributed by atoms with Crippen molar-refractivity contribution >= 4 is 17.3 Å². The normalized spacial score (nSPS) is 10.0. The fourth-order valence-corrected chi connectivity index (χ4v) is 1.49. The van der Waals surface area contributed by atoms with Crippen LogP contribution in [0.15, 0.2) is 30.5 Å². The predicted octanol–water partition coefficient (Wildman–Crippen LogP) is 2.84. The number of benzene rings is 1. The van der Waals surface area contributed by atoms with Crippen molar-refractivity contribution in [3.63, 3.8) is 0 Å². The molecule has 0 fully saturated rings. The van der Waals surface area contributed by atoms with Crippen molar-refractivity contribution in [1.82, 2.24) is 9.97 Å². The van der Waals surface area contributed by atoms with Crippen molar-refractivity contribution in [3.05, 3.63) is 45.9 Å². The van der Waals surface area contributed by atoms with E-state index < -0.39 is 4.92 Å². The second kappa shape index (κ2) is 5.49. The van der Waals surface area contributed by atoms with Crippen LogP contribution >= 0.6 is 11.6 Å². The van der Waals surface area contributed by atoms with Crippen LogP contribution in [-0.4, -0.2) is 22.0 Å². The van der Waals surface area contributed by atoms with Gasteiger partial charge in [0.05, 0.1) is 18.1 Å². The Hall–Kier alpha value is -2.41. The van der Waals surface area contributed by atoms with Crippen LogP contribution in [0.4, 0.5) is 5.69 Å². The number of rotatable bonds is 4. The molecule has 98 valence electrons. The molecule has 0 atom stereocenters. The predicted molar refractivity (Wildman–Crippen MR) is 66.8 cm³/mol. The van der Waals surface area contributed by atoms with Crippen molar-refractivity contribution in [1.29, 1.82) is 0 Å². The molecule has 7 nitrogen and oxygen atoms in total. The second-order valence-electron chi connectivity index (χ2n) is 3.36. The summed E-state index contributed by atoms with van der Waals surface area (Å²) in [6.07, 6.45) is 1.41. The summed E-state index contributed by atoms with van der Waals surface area (Å²) in [6, 6.07) is 5.48. The third-order valence-electron chi connectivity index (χ3n) is 2.17. The zero-order valence-electron chi connectivity index (χ0n) is 9.74. The van der Waals surface area contributed by atoms with Crippen LogP contribution in [0.5, 0.6) is 17.4 Å². The maximum Gasteiger partial charge on any atom is 0.273 e. The molecule has 0 aliphatic heterocycles. The monoisotopic (exact) mass is 281 g/mol. The first-order valence-electron chi connectivity index (χ1n) is 5.09. The van der Waals surface area contributed by atoms with E-state index in [1.54, 1.807) is 0 Å². The molecule has 0 aliphatic rings. The molecule has 0 saturated heterocycles. The minimum Gasteiger partial charge on any atom is -0.493 e. The molecule has 1 aromatic heterocycles. The zero-order chi connectivity index (χ0) is 13.8. The van der Waals surface area contributed by atoms with Gasteiger partial charge in [-0.2, -0.15) is 4.98 Å². The molecule has 0 aliphatic carbocycles. The molecule has 0 saturated carbocycles. The molecule has 0 unspecified atom stereocenters. The molecule has 0 spiro atoms. The summed E-state index contributed by atoms with van der Waals surface area (Å²) in [5, 5.41) is 10.7. The molecule has 0 N–H and O–H groups in total. The van der Waals surface area contributed by atoms with Gasteiger partial charge in [0.1, 0.15) is 0 Å². The fraction of sp³-hybridized carbons (Fsp3) is 0.0909. The largest absolute Gasteiger partial charge is 0.493 e. The van der Waals surface area contributed by atoms with E-state index in [9.17, 15) is 10.1 Å². The Kier molecular flexibility index (Phi) is 3.76. The lowest BCUT2D eigenvalue weighted by molar-refractivity contribution is -0.384. The van der Waals surface area contributed by atoms with Gasteiger partial charge in [-0.3, -0.25) is 10.1 Å². The lowest BCUT2D eigenvalue weighted by Crippen LogP contribution is -1.95. The molecule has 1 heterocycles. The van der Waals surface area contributed by atoms with Crippen LogP contribution in [0.1, 0.15) is 0 Å². The van der Waals surface area contributed by atoms with E-state index in [0.29, 0.717) is 5.75 Å². The number of hydrogen-bond acceptors (Lipinski definition) is 6. The van der Waals surface area contributed by atoms with Crippen molar-refractivity contribution in [3.8, 4) is 17.4 Å². The van der Waals surface area contributed by atoms with Gasteiger partial charge in [-0.1, -0.05) is 0 Å². The first kappa shape index (κ1) is 13.0. The average Bonchev–Trinajstić information content (AvgIpc) is 2.38. The van der Waals surface area contributed by atoms with Gasteiger partial charge < -0.3 is 9.47 Å². The third kappa shape index (κ3) is 3.08. The summed E-state index contributed by atoms with van der Waals surface area (Å²) < 4.78 is 10.5. The summed E-state index contributed by atoms with van der Waals surface area (Å²) >= 11 is 5.62. The van der Waals surface area contributed by atoms with Crippen LogP contribution in [0.3, 0.4) is 0 Å². The Balaban J connectivity index is 2.37. The van der Waals surface area contributed by atoms with Gasteiger partial charge in [0, 0.05) is 18.3 Å². The molecule has 8 heteroatoms. The molecule has 0 amide bonds. The number of methoxy groups -OCH3 is 1. The third-order valence-corrected chi connectivity index (χ3v) is 2.36. The summed E-state index contributed by atoms with van der Waals surface area (Å²) in [4.78, 5) is 17.7. The van der Waals surface area contributed by atoms with Crippen molar-refractivity contribution < 1.29 is 14.4 Å². The number of non-ortho nitro benzene ring substituents is 1. The van der Waals surface area contributed by atoms with Crippen LogP contribution in [0.25, 0.3) is 0 Å². The minimum atomic E-state index is -0.529. The highest BCUT2D eigenvalue weighted by molar-refractivity contribution is 6.28. The Bertz CT molecular complexity index is 621. The van der Waals surface area contributed by atoms with E-state index in [-0.39, 0.29) is 22.6 Å². The number of nitrogens with zero attached hydrogens (tertiary/aromatic N) is 3. The maximum atomic E-state index is 10.7. The van der Waals surface area contributed by atoms with Gasteiger partial charge >= 0.3 is 0 Å². The SMILES string of the molecule is COc1ccc([N+](=O)[O-])cc1Oc1ccnc(Cl)n1. The van der Waals surface area contributed by atoms with Crippen LogP contribution in [0, 0.1) is 10.1 Å². The molecule has 2 aromatic rings. The fourth-order valence-electron chi connectivity index (χ4n) is 1.35. The Morgan fingerprint density at radius 2 is 2.11 bits per heavy atom. The second-order valence-corrected chi connectivity index (χ2v) is 3.70. The first-order chi connectivity index (χ1) is 9.10. The average molecular weight is 282 g/mol. The molecule has 2 rings (SSSR count). The van der Waals surface area contributed by atoms with Crippen LogP contribution < -0.4 is 9.47 Å². The number of nitro benzene ring substituents is 1. The number of hydrogen-bond donors (Lipinski definition) is 0. The van der Waals surface area contributed by atoms with Crippen molar-refractivity contribution in [2.75, 3.05) is 7.11 Å². The van der Waals surface area contributed by atoms with E-state index >= 15 is 0 Å². The van der Waals surface area contributed by atoms with Gasteiger partial charge in [0.25, 0.3) is 5.69 Å². The van der Waals surface area contributed by atoms with Gasteiger partial charge in [-0.25, -0.2) is 4.98 Å². The van der Waals surface area contributed by atoms with E-state index in [4.69, 9.17) is 21.1 Å². The molecule has 0 radical (unpaired) electrons. The summed E-state index contributed by atoms with van der Waals surface area (Å²) in [7, 11) is 1.43. The smallest absolute Gasteiger partial charge is 0.273 e. The van der Waals surface area contributed by atoms with E-state index in [1.807, 2.05) is 0 Å². The van der Waals surface area contributed by atoms with Gasteiger partial charge in [-0.05, 0) is 17.7 Å². The number of aromatic nitrogens is 2. The lowest BCUT2D eigenvalue weighted by Gasteiger charge is -2.09. The van der Waals surface area contributed by atoms with Crippen LogP contribution in [0.2, 0.25) is 5.28 Å². The summed E-state index contributed by atoms with van der Waals surface area (Å²) in [6.45, 7) is 0. The zero-order valence-corrected chi connectivity index (χ0v) is 10.5. The van der Waals surface area contributed by atoms with Gasteiger partial charge in [0.2, 0.25) is 11.2 Å². The molecule has 1 aromatic carbocycles. The van der Waals surface area contributed by atoms with E-state index in [1.165, 1.54) is 37.6 Å². The number of nitro groups is 1. The Morgan fingerprint density at radius 1 is 1.32 bits per heavy atom. The molecule has 19 heavy (non-hydrogen) atoms. The standard InChI is InChI=1S/C11H8ClN3O4/c1-18-8-3-2-7(15(16)17)6-9(8)19-10-4-5-13-11(12)14-10/h2-6H,1H3. The Morgan fingerprint density at radius 3 is 2.74 bits per heavy atom. The van der Waals surface area contributed by atoms with Gasteiger partial charge in [0.15, 0.2) is 11.5 Å². The van der Waals surface area contributed by atoms with Crippen LogP contribution in [-0.2, 0) is 0 Å².